The van der Waals surface area contributed by atoms with Crippen LogP contribution in [0.4, 0.5) is 11.5 Å². The van der Waals surface area contributed by atoms with Crippen molar-refractivity contribution in [2.24, 2.45) is 0 Å². The van der Waals surface area contributed by atoms with Gasteiger partial charge in [-0.2, -0.15) is 0 Å². The van der Waals surface area contributed by atoms with E-state index < -0.39 is 0 Å². The molecule has 1 fully saturated rings. The van der Waals surface area contributed by atoms with Gasteiger partial charge < -0.3 is 20.7 Å². The zero-order chi connectivity index (χ0) is 18.6. The number of hydrogen-bond donors (Lipinski definition) is 2. The quantitative estimate of drug-likeness (QED) is 0.682. The van der Waals surface area contributed by atoms with E-state index in [4.69, 9.17) is 10.5 Å². The number of aromatic nitrogens is 1. The van der Waals surface area contributed by atoms with Crippen molar-refractivity contribution < 1.29 is 4.74 Å². The molecule has 148 valence electrons. The van der Waals surface area contributed by atoms with E-state index in [9.17, 15) is 0 Å². The number of rotatable bonds is 5. The van der Waals surface area contributed by atoms with Gasteiger partial charge in [-0.3, -0.25) is 0 Å². The Morgan fingerprint density at radius 2 is 1.86 bits per heavy atom. The van der Waals surface area contributed by atoms with Crippen molar-refractivity contribution in [2.45, 2.75) is 32.9 Å². The number of nitrogen functional groups attached to an aromatic ring is 1. The molecule has 4 rings (SSSR count). The van der Waals surface area contributed by atoms with Crippen LogP contribution in [0, 0.1) is 0 Å². The highest BCUT2D eigenvalue weighted by Gasteiger charge is 2.17. The molecule has 0 bridgehead atoms. The molecule has 0 atom stereocenters. The number of likely N-dealkylation sites (tertiary alicyclic amines) is 1. The number of benzene rings is 2. The molecule has 5 heteroatoms. The molecule has 0 saturated carbocycles. The lowest BCUT2D eigenvalue weighted by molar-refractivity contribution is 0.114. The van der Waals surface area contributed by atoms with Crippen molar-refractivity contribution >= 4 is 22.3 Å². The van der Waals surface area contributed by atoms with Crippen LogP contribution < -0.4 is 15.8 Å². The zero-order valence-corrected chi connectivity index (χ0v) is 15.7. The summed E-state index contributed by atoms with van der Waals surface area (Å²) in [5, 5.41) is 5.58. The molecule has 0 unspecified atom stereocenters. The molecule has 0 spiro atoms. The van der Waals surface area contributed by atoms with E-state index in [0.717, 1.165) is 54.7 Å². The van der Waals surface area contributed by atoms with Crippen LogP contribution in [0.2, 0.25) is 0 Å². The van der Waals surface area contributed by atoms with Crippen LogP contribution >= 0.6 is 0 Å². The fourth-order valence-corrected chi connectivity index (χ4v) is 3.51. The number of pyridine rings is 1. The molecule has 3 aromatic rings. The molecule has 0 radical (unpaired) electrons. The van der Waals surface area contributed by atoms with Crippen LogP contribution in [0.5, 0.6) is 5.75 Å². The highest BCUT2D eigenvalue weighted by atomic mass is 16.5. The molecule has 3 N–H and O–H groups in total. The maximum Gasteiger partial charge on any atom is 0.131 e. The molecule has 0 aliphatic carbocycles. The largest absolute Gasteiger partial charge is 0.490 e. The van der Waals surface area contributed by atoms with Crippen LogP contribution in [0.15, 0.2) is 54.7 Å². The lowest BCUT2D eigenvalue weighted by Crippen LogP contribution is -2.35. The van der Waals surface area contributed by atoms with Crippen molar-refractivity contribution in [2.75, 3.05) is 31.2 Å². The summed E-state index contributed by atoms with van der Waals surface area (Å²) in [7, 11) is 2.16. The summed E-state index contributed by atoms with van der Waals surface area (Å²) < 4.78 is 6.11. The van der Waals surface area contributed by atoms with Crippen LogP contribution in [0.1, 0.15) is 25.8 Å². The lowest BCUT2D eigenvalue weighted by atomic mass is 10.1. The van der Waals surface area contributed by atoms with Gasteiger partial charge in [0.25, 0.3) is 0 Å². The number of anilines is 2. The van der Waals surface area contributed by atoms with E-state index in [2.05, 4.69) is 46.5 Å². The van der Waals surface area contributed by atoms with Gasteiger partial charge in [0.05, 0.1) is 0 Å². The van der Waals surface area contributed by atoms with Gasteiger partial charge in [-0.15, -0.1) is 0 Å². The number of nitrogens with one attached hydrogen (secondary N) is 1. The second-order valence-electron chi connectivity index (χ2n) is 7.25. The predicted molar refractivity (Wildman–Crippen MR) is 118 cm³/mol. The summed E-state index contributed by atoms with van der Waals surface area (Å²) >= 11 is 0. The van der Waals surface area contributed by atoms with Gasteiger partial charge in [-0.1, -0.05) is 19.6 Å². The van der Waals surface area contributed by atoms with Gasteiger partial charge in [0, 0.05) is 36.9 Å². The van der Waals surface area contributed by atoms with Crippen LogP contribution in [0.25, 0.3) is 10.8 Å². The number of fused-ring (bicyclic) bond motifs is 1. The van der Waals surface area contributed by atoms with Gasteiger partial charge in [0.2, 0.25) is 0 Å². The van der Waals surface area contributed by atoms with E-state index >= 15 is 0 Å². The van der Waals surface area contributed by atoms with E-state index in [1.165, 1.54) is 5.56 Å². The molecular weight excluding hydrogens is 348 g/mol. The summed E-state index contributed by atoms with van der Waals surface area (Å²) in [5.41, 5.74) is 8.21. The first-order chi connectivity index (χ1) is 13.2. The highest BCUT2D eigenvalue weighted by Crippen LogP contribution is 2.23. The van der Waals surface area contributed by atoms with Crippen LogP contribution in [0.3, 0.4) is 0 Å². The maximum absolute atomic E-state index is 6.11. The zero-order valence-electron chi connectivity index (χ0n) is 15.7. The van der Waals surface area contributed by atoms with Gasteiger partial charge >= 0.3 is 0 Å². The Morgan fingerprint density at radius 3 is 2.61 bits per heavy atom. The Morgan fingerprint density at radius 1 is 1.11 bits per heavy atom. The van der Waals surface area contributed by atoms with Crippen molar-refractivity contribution in [1.82, 2.24) is 9.88 Å². The predicted octanol–water partition coefficient (Wildman–Crippen LogP) is 4.54. The van der Waals surface area contributed by atoms with E-state index in [-0.39, 0.29) is 7.43 Å². The van der Waals surface area contributed by atoms with Crippen LogP contribution in [-0.4, -0.2) is 36.1 Å². The molecule has 5 nitrogen and oxygen atoms in total. The van der Waals surface area contributed by atoms with E-state index in [0.29, 0.717) is 11.9 Å². The molecule has 28 heavy (non-hydrogen) atoms. The Bertz CT molecular complexity index is 902. The first kappa shape index (κ1) is 20.0. The average molecular weight is 379 g/mol. The Labute approximate surface area is 167 Å². The molecule has 2 aromatic carbocycles. The standard InChI is InChI=1S/C22H26N4O.CH4/c1-26-12-9-20(10-13-26)27-19-5-3-18(4-6-19)25-15-16-2-7-21-17(14-16)8-11-24-22(21)23;/h2-8,11,14,20,25H,9-10,12-13,15H2,1H3,(H2,23,24);1H4. The smallest absolute Gasteiger partial charge is 0.131 e. The molecular formula is C23H30N4O. The molecule has 1 aliphatic rings. The Kier molecular flexibility index (Phi) is 6.37. The summed E-state index contributed by atoms with van der Waals surface area (Å²) in [6, 6.07) is 16.5. The first-order valence-electron chi connectivity index (χ1n) is 9.49. The Hall–Kier alpha value is -2.79. The fraction of sp³-hybridized carbons (Fsp3) is 0.348. The molecule has 2 heterocycles. The lowest BCUT2D eigenvalue weighted by Gasteiger charge is -2.29. The second kappa shape index (κ2) is 8.93. The number of hydrogen-bond acceptors (Lipinski definition) is 5. The van der Waals surface area contributed by atoms with Gasteiger partial charge in [-0.05, 0) is 67.2 Å². The highest BCUT2D eigenvalue weighted by molar-refractivity contribution is 5.91. The third-order valence-electron chi connectivity index (χ3n) is 5.18. The van der Waals surface area contributed by atoms with Crippen molar-refractivity contribution in [3.63, 3.8) is 0 Å². The summed E-state index contributed by atoms with van der Waals surface area (Å²) in [6.45, 7) is 2.98. The SMILES string of the molecule is C.CN1CCC(Oc2ccc(NCc3ccc4c(N)nccc4c3)cc2)CC1. The maximum atomic E-state index is 6.11. The number of ether oxygens (including phenoxy) is 1. The van der Waals surface area contributed by atoms with Gasteiger partial charge in [0.1, 0.15) is 17.7 Å². The second-order valence-corrected chi connectivity index (χ2v) is 7.25. The minimum Gasteiger partial charge on any atom is -0.490 e. The summed E-state index contributed by atoms with van der Waals surface area (Å²) in [6.07, 6.45) is 4.27. The Balaban J connectivity index is 0.00000225. The topological polar surface area (TPSA) is 63.4 Å². The van der Waals surface area contributed by atoms with Crippen LogP contribution in [-0.2, 0) is 6.54 Å². The minimum atomic E-state index is 0. The van der Waals surface area contributed by atoms with Crippen molar-refractivity contribution in [3.05, 3.63) is 60.3 Å². The molecule has 1 aliphatic heterocycles. The van der Waals surface area contributed by atoms with Gasteiger partial charge in [0.15, 0.2) is 0 Å². The number of nitrogens with two attached hydrogens (primary N) is 1. The summed E-state index contributed by atoms with van der Waals surface area (Å²) in [4.78, 5) is 6.48. The van der Waals surface area contributed by atoms with Crippen molar-refractivity contribution in [3.8, 4) is 5.75 Å². The normalized spacial score (nSPS) is 15.2. The third kappa shape index (κ3) is 4.73. The van der Waals surface area contributed by atoms with E-state index in [1.807, 2.05) is 24.3 Å². The van der Waals surface area contributed by atoms with Gasteiger partial charge in [-0.25, -0.2) is 4.98 Å². The molecule has 1 saturated heterocycles. The molecule has 0 amide bonds. The van der Waals surface area contributed by atoms with Crippen molar-refractivity contribution in [1.29, 1.82) is 0 Å². The fourth-order valence-electron chi connectivity index (χ4n) is 3.51. The average Bonchev–Trinajstić information content (AvgIpc) is 2.69. The van der Waals surface area contributed by atoms with E-state index in [1.54, 1.807) is 6.20 Å². The monoisotopic (exact) mass is 378 g/mol. The molecule has 1 aromatic heterocycles. The number of piperidine rings is 1. The number of nitrogens with zero attached hydrogens (tertiary/aromatic N) is 2. The summed E-state index contributed by atoms with van der Waals surface area (Å²) in [5.74, 6) is 1.52. The first-order valence-corrected chi connectivity index (χ1v) is 9.49. The minimum absolute atomic E-state index is 0. The third-order valence-corrected chi connectivity index (χ3v) is 5.18.